The maximum atomic E-state index is 11.9. The van der Waals surface area contributed by atoms with Crippen LogP contribution in [0.5, 0.6) is 0 Å². The van der Waals surface area contributed by atoms with Crippen LogP contribution in [-0.4, -0.2) is 53.8 Å². The van der Waals surface area contributed by atoms with E-state index in [9.17, 15) is 14.4 Å². The molecule has 1 N–H and O–H groups in total. The predicted molar refractivity (Wildman–Crippen MR) is 83.1 cm³/mol. The van der Waals surface area contributed by atoms with Crippen LogP contribution in [-0.2, 0) is 9.59 Å². The van der Waals surface area contributed by atoms with Crippen LogP contribution in [0.1, 0.15) is 39.0 Å². The number of carbonyl (C=O) groups is 3. The first-order valence-electron chi connectivity index (χ1n) is 8.14. The van der Waals surface area contributed by atoms with Crippen molar-refractivity contribution in [3.05, 3.63) is 12.2 Å². The van der Waals surface area contributed by atoms with Crippen molar-refractivity contribution in [2.24, 2.45) is 5.92 Å². The Morgan fingerprint density at radius 2 is 1.86 bits per heavy atom. The fraction of sp³-hybridized carbons (Fsp3) is 0.688. The van der Waals surface area contributed by atoms with Crippen molar-refractivity contribution in [1.82, 2.24) is 15.1 Å². The zero-order valence-electron chi connectivity index (χ0n) is 13.2. The van der Waals surface area contributed by atoms with Crippen LogP contribution in [0.3, 0.4) is 0 Å². The number of likely N-dealkylation sites (tertiary alicyclic amines) is 1. The van der Waals surface area contributed by atoms with Crippen molar-refractivity contribution in [2.75, 3.05) is 26.2 Å². The predicted octanol–water partition coefficient (Wildman–Crippen LogP) is 1.52. The van der Waals surface area contributed by atoms with E-state index in [1.807, 2.05) is 4.90 Å². The summed E-state index contributed by atoms with van der Waals surface area (Å²) in [6.45, 7) is 5.06. The van der Waals surface area contributed by atoms with Crippen molar-refractivity contribution in [2.45, 2.75) is 39.0 Å². The van der Waals surface area contributed by atoms with E-state index in [0.29, 0.717) is 19.0 Å². The van der Waals surface area contributed by atoms with E-state index < -0.39 is 0 Å². The largest absolute Gasteiger partial charge is 0.338 e. The number of nitrogens with one attached hydrogen (secondary N) is 1. The molecule has 2 rings (SSSR count). The summed E-state index contributed by atoms with van der Waals surface area (Å²) in [5.41, 5.74) is 0. The summed E-state index contributed by atoms with van der Waals surface area (Å²) in [6.07, 6.45) is 7.41. The number of urea groups is 1. The fourth-order valence-electron chi connectivity index (χ4n) is 2.83. The van der Waals surface area contributed by atoms with E-state index in [1.165, 1.54) is 17.1 Å². The van der Waals surface area contributed by atoms with Crippen LogP contribution in [0.15, 0.2) is 12.2 Å². The number of hydrogen-bond acceptors (Lipinski definition) is 3. The highest BCUT2D eigenvalue weighted by Gasteiger charge is 2.23. The standard InChI is InChI=1S/C16H25N3O3/c1-13-8-11-18(12-13)16(22)17-9-4-2-3-5-10-19-14(20)6-7-15(19)21/h6-7,13H,2-5,8-12H2,1H3,(H,17,22)/t13-/m1/s1. The number of nitrogens with zero attached hydrogens (tertiary/aromatic N) is 2. The topological polar surface area (TPSA) is 69.7 Å². The van der Waals surface area contributed by atoms with E-state index in [-0.39, 0.29) is 17.8 Å². The number of hydrogen-bond donors (Lipinski definition) is 1. The molecule has 122 valence electrons. The van der Waals surface area contributed by atoms with Gasteiger partial charge in [0.2, 0.25) is 0 Å². The summed E-state index contributed by atoms with van der Waals surface area (Å²) in [5.74, 6) is 0.186. The molecule has 6 heteroatoms. The highest BCUT2D eigenvalue weighted by molar-refractivity contribution is 6.12. The van der Waals surface area contributed by atoms with Gasteiger partial charge in [-0.15, -0.1) is 0 Å². The monoisotopic (exact) mass is 307 g/mol. The third kappa shape index (κ3) is 4.58. The van der Waals surface area contributed by atoms with Crippen LogP contribution in [0.2, 0.25) is 0 Å². The Kier molecular flexibility index (Phi) is 5.98. The van der Waals surface area contributed by atoms with Crippen molar-refractivity contribution in [3.8, 4) is 0 Å². The number of imide groups is 1. The lowest BCUT2D eigenvalue weighted by Gasteiger charge is -2.16. The van der Waals surface area contributed by atoms with E-state index in [1.54, 1.807) is 0 Å². The molecule has 6 nitrogen and oxygen atoms in total. The number of rotatable bonds is 7. The number of amides is 4. The van der Waals surface area contributed by atoms with E-state index in [2.05, 4.69) is 12.2 Å². The Bertz CT molecular complexity index is 444. The van der Waals surface area contributed by atoms with Gasteiger partial charge in [0, 0.05) is 38.3 Å². The highest BCUT2D eigenvalue weighted by Crippen LogP contribution is 2.14. The van der Waals surface area contributed by atoms with Gasteiger partial charge >= 0.3 is 6.03 Å². The Morgan fingerprint density at radius 1 is 1.18 bits per heavy atom. The van der Waals surface area contributed by atoms with E-state index in [0.717, 1.165) is 45.2 Å². The molecule has 2 heterocycles. The maximum Gasteiger partial charge on any atom is 0.317 e. The van der Waals surface area contributed by atoms with Crippen LogP contribution >= 0.6 is 0 Å². The lowest BCUT2D eigenvalue weighted by atomic mass is 10.2. The van der Waals surface area contributed by atoms with Crippen molar-refractivity contribution in [3.63, 3.8) is 0 Å². The Balaban J connectivity index is 1.47. The van der Waals surface area contributed by atoms with Gasteiger partial charge < -0.3 is 10.2 Å². The molecule has 0 bridgehead atoms. The fourth-order valence-corrected chi connectivity index (χ4v) is 2.83. The smallest absolute Gasteiger partial charge is 0.317 e. The molecule has 1 atom stereocenters. The molecule has 0 aromatic carbocycles. The Morgan fingerprint density at radius 3 is 2.50 bits per heavy atom. The zero-order chi connectivity index (χ0) is 15.9. The van der Waals surface area contributed by atoms with Crippen molar-refractivity contribution in [1.29, 1.82) is 0 Å². The normalized spacial score (nSPS) is 21.0. The molecule has 2 aliphatic rings. The van der Waals surface area contributed by atoms with Gasteiger partial charge in [0.05, 0.1) is 0 Å². The van der Waals surface area contributed by atoms with Crippen LogP contribution in [0.4, 0.5) is 4.79 Å². The third-order valence-electron chi connectivity index (χ3n) is 4.20. The average Bonchev–Trinajstić information content (AvgIpc) is 3.06. The van der Waals surface area contributed by atoms with Gasteiger partial charge in [0.1, 0.15) is 0 Å². The molecule has 1 saturated heterocycles. The molecular formula is C16H25N3O3. The summed E-state index contributed by atoms with van der Waals surface area (Å²) >= 11 is 0. The number of unbranched alkanes of at least 4 members (excludes halogenated alkanes) is 3. The van der Waals surface area contributed by atoms with Gasteiger partial charge in [0.25, 0.3) is 11.8 Å². The minimum atomic E-state index is -0.211. The van der Waals surface area contributed by atoms with Crippen molar-refractivity contribution >= 4 is 17.8 Å². The molecule has 0 spiro atoms. The van der Waals surface area contributed by atoms with Crippen LogP contribution < -0.4 is 5.32 Å². The second-order valence-electron chi connectivity index (χ2n) is 6.15. The minimum Gasteiger partial charge on any atom is -0.338 e. The highest BCUT2D eigenvalue weighted by atomic mass is 16.2. The van der Waals surface area contributed by atoms with Crippen LogP contribution in [0, 0.1) is 5.92 Å². The van der Waals surface area contributed by atoms with Gasteiger partial charge in [-0.25, -0.2) is 4.79 Å². The van der Waals surface area contributed by atoms with Crippen molar-refractivity contribution < 1.29 is 14.4 Å². The van der Waals surface area contributed by atoms with Gasteiger partial charge in [-0.3, -0.25) is 14.5 Å². The number of carbonyl (C=O) groups excluding carboxylic acids is 3. The van der Waals surface area contributed by atoms with Gasteiger partial charge in [-0.05, 0) is 25.2 Å². The molecular weight excluding hydrogens is 282 g/mol. The Labute approximate surface area is 131 Å². The summed E-state index contributed by atoms with van der Waals surface area (Å²) in [4.78, 5) is 37.7. The quantitative estimate of drug-likeness (QED) is 0.573. The lowest BCUT2D eigenvalue weighted by molar-refractivity contribution is -0.136. The molecule has 0 aromatic rings. The lowest BCUT2D eigenvalue weighted by Crippen LogP contribution is -2.38. The molecule has 2 aliphatic heterocycles. The molecule has 0 aliphatic carbocycles. The summed E-state index contributed by atoms with van der Waals surface area (Å²) in [7, 11) is 0. The molecule has 0 aromatic heterocycles. The molecule has 22 heavy (non-hydrogen) atoms. The van der Waals surface area contributed by atoms with Crippen LogP contribution in [0.25, 0.3) is 0 Å². The molecule has 0 unspecified atom stereocenters. The first-order chi connectivity index (χ1) is 10.6. The Hall–Kier alpha value is -1.85. The molecule has 0 saturated carbocycles. The summed E-state index contributed by atoms with van der Waals surface area (Å²) in [5, 5.41) is 2.95. The first-order valence-corrected chi connectivity index (χ1v) is 8.14. The van der Waals surface area contributed by atoms with Gasteiger partial charge in [-0.1, -0.05) is 19.8 Å². The second-order valence-corrected chi connectivity index (χ2v) is 6.15. The SMILES string of the molecule is C[C@@H]1CCN(C(=O)NCCCCCCN2C(=O)C=CC2=O)C1. The average molecular weight is 307 g/mol. The zero-order valence-corrected chi connectivity index (χ0v) is 13.2. The molecule has 0 radical (unpaired) electrons. The summed E-state index contributed by atoms with van der Waals surface area (Å²) in [6, 6.07) is 0.0451. The minimum absolute atomic E-state index is 0.0451. The molecule has 4 amide bonds. The van der Waals surface area contributed by atoms with E-state index >= 15 is 0 Å². The second kappa shape index (κ2) is 7.96. The van der Waals surface area contributed by atoms with E-state index in [4.69, 9.17) is 0 Å². The maximum absolute atomic E-state index is 11.9. The first kappa shape index (κ1) is 16.5. The summed E-state index contributed by atoms with van der Waals surface area (Å²) < 4.78 is 0. The molecule has 1 fully saturated rings. The van der Waals surface area contributed by atoms with Gasteiger partial charge in [-0.2, -0.15) is 0 Å². The van der Waals surface area contributed by atoms with Gasteiger partial charge in [0.15, 0.2) is 0 Å². The third-order valence-corrected chi connectivity index (χ3v) is 4.20.